The molecule has 25 heavy (non-hydrogen) atoms. The monoisotopic (exact) mass is 360 g/mol. The molecular formula is C16H20N6O2S. The fraction of sp³-hybridized carbons (Fsp3) is 0.312. The van der Waals surface area contributed by atoms with Crippen molar-refractivity contribution in [2.24, 2.45) is 0 Å². The van der Waals surface area contributed by atoms with Gasteiger partial charge in [-0.3, -0.25) is 4.98 Å². The van der Waals surface area contributed by atoms with Crippen LogP contribution in [0.15, 0.2) is 41.7 Å². The fourth-order valence-electron chi connectivity index (χ4n) is 2.47. The van der Waals surface area contributed by atoms with Crippen molar-refractivity contribution in [3.8, 4) is 11.1 Å². The molecule has 0 amide bonds. The van der Waals surface area contributed by atoms with Gasteiger partial charge in [-0.1, -0.05) is 13.3 Å². The molecule has 0 atom stereocenters. The van der Waals surface area contributed by atoms with Crippen molar-refractivity contribution in [1.29, 1.82) is 0 Å². The normalized spacial score (nSPS) is 12.1. The molecule has 3 aromatic rings. The van der Waals surface area contributed by atoms with E-state index in [2.05, 4.69) is 15.1 Å². The molecule has 0 bridgehead atoms. The number of nitrogen functional groups attached to an aromatic ring is 1. The van der Waals surface area contributed by atoms with Crippen molar-refractivity contribution >= 4 is 21.6 Å². The summed E-state index contributed by atoms with van der Waals surface area (Å²) >= 11 is 0. The molecule has 0 radical (unpaired) electrons. The molecule has 3 heterocycles. The highest BCUT2D eigenvalue weighted by molar-refractivity contribution is 7.89. The van der Waals surface area contributed by atoms with Crippen molar-refractivity contribution in [3.05, 3.63) is 36.8 Å². The molecule has 132 valence electrons. The zero-order valence-corrected chi connectivity index (χ0v) is 14.9. The number of hydrogen-bond donors (Lipinski definition) is 1. The predicted octanol–water partition coefficient (Wildman–Crippen LogP) is 1.79. The van der Waals surface area contributed by atoms with Crippen LogP contribution in [0.25, 0.3) is 16.8 Å². The van der Waals surface area contributed by atoms with E-state index in [1.54, 1.807) is 36.1 Å². The van der Waals surface area contributed by atoms with Gasteiger partial charge >= 0.3 is 0 Å². The second-order valence-corrected chi connectivity index (χ2v) is 7.82. The first-order valence-electron chi connectivity index (χ1n) is 7.95. The lowest BCUT2D eigenvalue weighted by Gasteiger charge is -2.17. The summed E-state index contributed by atoms with van der Waals surface area (Å²) in [6, 6.07) is 5.22. The third kappa shape index (κ3) is 3.47. The van der Waals surface area contributed by atoms with Gasteiger partial charge in [0.1, 0.15) is 4.90 Å². The average molecular weight is 360 g/mol. The van der Waals surface area contributed by atoms with Crippen LogP contribution in [-0.4, -0.2) is 45.9 Å². The first kappa shape index (κ1) is 17.3. The number of nitrogens with two attached hydrogens (primary N) is 1. The lowest BCUT2D eigenvalue weighted by molar-refractivity contribution is 0.459. The summed E-state index contributed by atoms with van der Waals surface area (Å²) in [6.07, 6.45) is 6.47. The molecule has 0 fully saturated rings. The van der Waals surface area contributed by atoms with Gasteiger partial charge in [0.25, 0.3) is 0 Å². The average Bonchev–Trinajstić information content (AvgIpc) is 2.98. The Labute approximate surface area is 146 Å². The number of sulfonamides is 1. The van der Waals surface area contributed by atoms with E-state index >= 15 is 0 Å². The molecule has 0 saturated heterocycles. The summed E-state index contributed by atoms with van der Waals surface area (Å²) in [4.78, 5) is 8.34. The van der Waals surface area contributed by atoms with E-state index in [0.29, 0.717) is 17.8 Å². The largest absolute Gasteiger partial charge is 0.366 e. The number of fused-ring (bicyclic) bond motifs is 1. The van der Waals surface area contributed by atoms with Crippen molar-refractivity contribution in [2.45, 2.75) is 24.7 Å². The van der Waals surface area contributed by atoms with E-state index in [-0.39, 0.29) is 10.8 Å². The van der Waals surface area contributed by atoms with Crippen molar-refractivity contribution in [2.75, 3.05) is 19.3 Å². The van der Waals surface area contributed by atoms with Gasteiger partial charge in [-0.15, -0.1) is 5.10 Å². The van der Waals surface area contributed by atoms with Gasteiger partial charge < -0.3 is 5.73 Å². The molecule has 0 aromatic carbocycles. The van der Waals surface area contributed by atoms with Crippen LogP contribution >= 0.6 is 0 Å². The predicted molar refractivity (Wildman–Crippen MR) is 95.4 cm³/mol. The third-order valence-corrected chi connectivity index (χ3v) is 5.75. The number of nitrogens with zero attached hydrogens (tertiary/aromatic N) is 5. The van der Waals surface area contributed by atoms with Crippen molar-refractivity contribution in [1.82, 2.24) is 23.9 Å². The van der Waals surface area contributed by atoms with E-state index < -0.39 is 10.0 Å². The fourth-order valence-corrected chi connectivity index (χ4v) is 3.67. The van der Waals surface area contributed by atoms with Gasteiger partial charge in [-0.05, 0) is 24.6 Å². The summed E-state index contributed by atoms with van der Waals surface area (Å²) in [5, 5.41) is 4.07. The van der Waals surface area contributed by atoms with E-state index in [1.807, 2.05) is 13.0 Å². The molecule has 3 aromatic heterocycles. The Bertz CT molecular complexity index is 999. The Hall–Kier alpha value is -2.52. The summed E-state index contributed by atoms with van der Waals surface area (Å²) < 4.78 is 28.3. The van der Waals surface area contributed by atoms with Crippen LogP contribution in [0.1, 0.15) is 19.8 Å². The molecule has 0 unspecified atom stereocenters. The zero-order valence-electron chi connectivity index (χ0n) is 14.1. The van der Waals surface area contributed by atoms with Gasteiger partial charge in [0.05, 0.1) is 0 Å². The van der Waals surface area contributed by atoms with E-state index in [4.69, 9.17) is 5.73 Å². The molecular weight excluding hydrogens is 340 g/mol. The highest BCUT2D eigenvalue weighted by Crippen LogP contribution is 2.23. The lowest BCUT2D eigenvalue weighted by atomic mass is 10.1. The first-order chi connectivity index (χ1) is 11.9. The second kappa shape index (κ2) is 6.77. The van der Waals surface area contributed by atoms with Crippen LogP contribution < -0.4 is 5.73 Å². The van der Waals surface area contributed by atoms with Gasteiger partial charge in [0, 0.05) is 43.3 Å². The minimum atomic E-state index is -3.56. The topological polar surface area (TPSA) is 106 Å². The van der Waals surface area contributed by atoms with Gasteiger partial charge in [-0.2, -0.15) is 4.98 Å². The quantitative estimate of drug-likeness (QED) is 0.718. The number of anilines is 1. The molecule has 8 nitrogen and oxygen atoms in total. The standard InChI is InChI=1S/C16H20N6O2S/c1-3-4-7-21(2)25(23,24)14-8-13(9-18-10-14)12-5-6-15-19-16(17)20-22(15)11-12/h5-6,8-11H,3-4,7H2,1-2H3,(H2,17,20). The Balaban J connectivity index is 1.97. The van der Waals surface area contributed by atoms with E-state index in [1.165, 1.54) is 10.5 Å². The summed E-state index contributed by atoms with van der Waals surface area (Å²) in [5.41, 5.74) is 7.67. The van der Waals surface area contributed by atoms with E-state index in [9.17, 15) is 8.42 Å². The maximum atomic E-state index is 12.7. The SMILES string of the molecule is CCCCN(C)S(=O)(=O)c1cncc(-c2ccc3nc(N)nn3c2)c1. The first-order valence-corrected chi connectivity index (χ1v) is 9.39. The second-order valence-electron chi connectivity index (χ2n) is 5.78. The van der Waals surface area contributed by atoms with Crippen molar-refractivity contribution < 1.29 is 8.42 Å². The van der Waals surface area contributed by atoms with Crippen LogP contribution in [-0.2, 0) is 10.0 Å². The van der Waals surface area contributed by atoms with Gasteiger partial charge in [-0.25, -0.2) is 17.2 Å². The van der Waals surface area contributed by atoms with Gasteiger partial charge in [0.2, 0.25) is 16.0 Å². The molecule has 0 spiro atoms. The van der Waals surface area contributed by atoms with Crippen LogP contribution in [0.3, 0.4) is 0 Å². The van der Waals surface area contributed by atoms with Crippen molar-refractivity contribution in [3.63, 3.8) is 0 Å². The van der Waals surface area contributed by atoms with Crippen LogP contribution in [0, 0.1) is 0 Å². The Morgan fingerprint density at radius 3 is 2.80 bits per heavy atom. The number of hydrogen-bond acceptors (Lipinski definition) is 6. The maximum absolute atomic E-state index is 12.7. The minimum absolute atomic E-state index is 0.168. The molecule has 0 aliphatic heterocycles. The lowest BCUT2D eigenvalue weighted by Crippen LogP contribution is -2.28. The Morgan fingerprint density at radius 2 is 2.04 bits per heavy atom. The zero-order chi connectivity index (χ0) is 18.0. The summed E-state index contributed by atoms with van der Waals surface area (Å²) in [5.74, 6) is 0.184. The number of unbranched alkanes of at least 4 members (excludes halogenated alkanes) is 1. The maximum Gasteiger partial charge on any atom is 0.244 e. The number of aromatic nitrogens is 4. The molecule has 9 heteroatoms. The highest BCUT2D eigenvalue weighted by atomic mass is 32.2. The summed E-state index contributed by atoms with van der Waals surface area (Å²) in [6.45, 7) is 2.50. The molecule has 3 rings (SSSR count). The molecule has 2 N–H and O–H groups in total. The highest BCUT2D eigenvalue weighted by Gasteiger charge is 2.21. The van der Waals surface area contributed by atoms with Gasteiger partial charge in [0.15, 0.2) is 5.65 Å². The minimum Gasteiger partial charge on any atom is -0.366 e. The van der Waals surface area contributed by atoms with Crippen LogP contribution in [0.4, 0.5) is 5.95 Å². The Kier molecular flexibility index (Phi) is 4.69. The van der Waals surface area contributed by atoms with E-state index in [0.717, 1.165) is 18.4 Å². The molecule has 0 saturated carbocycles. The van der Waals surface area contributed by atoms with Crippen LogP contribution in [0.5, 0.6) is 0 Å². The number of pyridine rings is 2. The molecule has 0 aliphatic rings. The Morgan fingerprint density at radius 1 is 1.24 bits per heavy atom. The molecule has 0 aliphatic carbocycles. The third-order valence-electron chi connectivity index (χ3n) is 3.93. The summed E-state index contributed by atoms with van der Waals surface area (Å²) in [7, 11) is -1.98. The number of rotatable bonds is 6. The van der Waals surface area contributed by atoms with Crippen LogP contribution in [0.2, 0.25) is 0 Å². The smallest absolute Gasteiger partial charge is 0.244 e.